The highest BCUT2D eigenvalue weighted by atomic mass is 32.1. The first-order chi connectivity index (χ1) is 13.4. The lowest BCUT2D eigenvalue weighted by Crippen LogP contribution is -2.27. The molecular weight excluding hydrogens is 376 g/mol. The first-order valence-corrected chi connectivity index (χ1v) is 9.60. The van der Waals surface area contributed by atoms with E-state index >= 15 is 0 Å². The smallest absolute Gasteiger partial charge is 0.275 e. The van der Waals surface area contributed by atoms with Gasteiger partial charge in [0.2, 0.25) is 0 Å². The summed E-state index contributed by atoms with van der Waals surface area (Å²) in [7, 11) is 3.48. The van der Waals surface area contributed by atoms with Crippen molar-refractivity contribution in [2.24, 2.45) is 7.05 Å². The Morgan fingerprint density at radius 1 is 1.18 bits per heavy atom. The van der Waals surface area contributed by atoms with Crippen molar-refractivity contribution >= 4 is 28.8 Å². The number of benzene rings is 1. The summed E-state index contributed by atoms with van der Waals surface area (Å²) in [5.41, 5.74) is 2.49. The fourth-order valence-corrected chi connectivity index (χ4v) is 3.45. The van der Waals surface area contributed by atoms with Gasteiger partial charge < -0.3 is 19.9 Å². The molecule has 2 aromatic heterocycles. The van der Waals surface area contributed by atoms with Crippen LogP contribution in [-0.4, -0.2) is 28.5 Å². The summed E-state index contributed by atoms with van der Waals surface area (Å²) >= 11 is 1.34. The molecule has 0 spiro atoms. The molecule has 0 aliphatic rings. The minimum Gasteiger partial charge on any atom is -0.497 e. The molecule has 7 nitrogen and oxygen atoms in total. The zero-order valence-electron chi connectivity index (χ0n) is 16.1. The molecule has 0 saturated carbocycles. The van der Waals surface area contributed by atoms with Gasteiger partial charge in [0.25, 0.3) is 11.8 Å². The second kappa shape index (κ2) is 8.26. The van der Waals surface area contributed by atoms with Crippen molar-refractivity contribution in [3.63, 3.8) is 0 Å². The van der Waals surface area contributed by atoms with Gasteiger partial charge in [-0.15, -0.1) is 11.3 Å². The fraction of sp³-hybridized carbons (Fsp3) is 0.250. The van der Waals surface area contributed by atoms with Gasteiger partial charge >= 0.3 is 0 Å². The van der Waals surface area contributed by atoms with Crippen molar-refractivity contribution in [3.8, 4) is 5.75 Å². The van der Waals surface area contributed by atoms with Crippen LogP contribution < -0.4 is 15.4 Å². The molecule has 1 atom stereocenters. The zero-order valence-corrected chi connectivity index (χ0v) is 17.0. The Kier molecular flexibility index (Phi) is 5.79. The van der Waals surface area contributed by atoms with E-state index in [2.05, 4.69) is 15.6 Å². The highest BCUT2D eigenvalue weighted by Crippen LogP contribution is 2.21. The third-order valence-electron chi connectivity index (χ3n) is 4.45. The number of carbonyl (C=O) groups is 2. The summed E-state index contributed by atoms with van der Waals surface area (Å²) in [4.78, 5) is 29.2. The van der Waals surface area contributed by atoms with Crippen molar-refractivity contribution in [2.75, 3.05) is 12.4 Å². The maximum Gasteiger partial charge on any atom is 0.275 e. The minimum atomic E-state index is -0.306. The largest absolute Gasteiger partial charge is 0.497 e. The van der Waals surface area contributed by atoms with Gasteiger partial charge in [-0.05, 0) is 44.2 Å². The van der Waals surface area contributed by atoms with Crippen LogP contribution in [0, 0.1) is 6.92 Å². The van der Waals surface area contributed by atoms with Crippen molar-refractivity contribution in [3.05, 3.63) is 63.9 Å². The lowest BCUT2D eigenvalue weighted by molar-refractivity contribution is 0.0939. The van der Waals surface area contributed by atoms with Gasteiger partial charge in [-0.2, -0.15) is 0 Å². The molecule has 0 bridgehead atoms. The Morgan fingerprint density at radius 3 is 2.50 bits per heavy atom. The van der Waals surface area contributed by atoms with Crippen molar-refractivity contribution in [1.82, 2.24) is 14.9 Å². The van der Waals surface area contributed by atoms with Crippen LogP contribution in [0.2, 0.25) is 0 Å². The summed E-state index contributed by atoms with van der Waals surface area (Å²) in [6.07, 6.45) is 1.85. The van der Waals surface area contributed by atoms with Crippen LogP contribution >= 0.6 is 11.3 Å². The highest BCUT2D eigenvalue weighted by Gasteiger charge is 2.19. The zero-order chi connectivity index (χ0) is 20.3. The van der Waals surface area contributed by atoms with E-state index in [1.54, 1.807) is 42.8 Å². The van der Waals surface area contributed by atoms with Crippen LogP contribution in [0.4, 0.5) is 5.69 Å². The molecule has 0 aliphatic heterocycles. The molecule has 146 valence electrons. The van der Waals surface area contributed by atoms with Gasteiger partial charge in [0, 0.05) is 30.0 Å². The summed E-state index contributed by atoms with van der Waals surface area (Å²) in [5.74, 6) is 0.252. The average Bonchev–Trinajstić information content (AvgIpc) is 3.30. The van der Waals surface area contributed by atoms with Gasteiger partial charge in [-0.3, -0.25) is 9.59 Å². The van der Waals surface area contributed by atoms with Gasteiger partial charge in [-0.1, -0.05) is 0 Å². The number of anilines is 1. The predicted octanol–water partition coefficient (Wildman–Crippen LogP) is 3.54. The molecule has 8 heteroatoms. The molecule has 1 aromatic carbocycles. The molecule has 2 N–H and O–H groups in total. The minimum absolute atomic E-state index is 0.162. The SMILES string of the molecule is COc1ccc(NC(=O)c2csc([C@H](C)NC(=O)c3ccn(C)c3C)n2)cc1. The number of hydrogen-bond donors (Lipinski definition) is 2. The molecule has 2 amide bonds. The van der Waals surface area contributed by atoms with Crippen molar-refractivity contribution in [2.45, 2.75) is 19.9 Å². The number of amides is 2. The monoisotopic (exact) mass is 398 g/mol. The summed E-state index contributed by atoms with van der Waals surface area (Å²) in [6.45, 7) is 3.74. The van der Waals surface area contributed by atoms with Crippen LogP contribution in [0.5, 0.6) is 5.75 Å². The van der Waals surface area contributed by atoms with Crippen molar-refractivity contribution in [1.29, 1.82) is 0 Å². The predicted molar refractivity (Wildman–Crippen MR) is 109 cm³/mol. The van der Waals surface area contributed by atoms with Gasteiger partial charge in [0.15, 0.2) is 0 Å². The number of methoxy groups -OCH3 is 1. The lowest BCUT2D eigenvalue weighted by atomic mass is 10.2. The molecule has 3 rings (SSSR count). The van der Waals surface area contributed by atoms with E-state index in [0.29, 0.717) is 27.7 Å². The third-order valence-corrected chi connectivity index (χ3v) is 5.48. The van der Waals surface area contributed by atoms with Gasteiger partial charge in [0.05, 0.1) is 18.7 Å². The number of ether oxygens (including phenoxy) is 1. The van der Waals surface area contributed by atoms with Crippen LogP contribution in [0.15, 0.2) is 41.9 Å². The lowest BCUT2D eigenvalue weighted by Gasteiger charge is -2.11. The fourth-order valence-electron chi connectivity index (χ4n) is 2.65. The van der Waals surface area contributed by atoms with E-state index in [4.69, 9.17) is 4.74 Å². The van der Waals surface area contributed by atoms with E-state index in [1.807, 2.05) is 31.7 Å². The Balaban J connectivity index is 1.64. The van der Waals surface area contributed by atoms with E-state index in [0.717, 1.165) is 5.69 Å². The number of rotatable bonds is 6. The number of nitrogens with one attached hydrogen (secondary N) is 2. The quantitative estimate of drug-likeness (QED) is 0.665. The average molecular weight is 398 g/mol. The maximum absolute atomic E-state index is 12.5. The Hall–Kier alpha value is -3.13. The van der Waals surface area contributed by atoms with Crippen LogP contribution in [0.1, 0.15) is 44.5 Å². The Labute approximate surface area is 167 Å². The van der Waals surface area contributed by atoms with Crippen molar-refractivity contribution < 1.29 is 14.3 Å². The Bertz CT molecular complexity index is 991. The molecule has 0 unspecified atom stereocenters. The molecule has 0 saturated heterocycles. The molecule has 28 heavy (non-hydrogen) atoms. The number of hydrogen-bond acceptors (Lipinski definition) is 5. The number of nitrogens with zero attached hydrogens (tertiary/aromatic N) is 2. The second-order valence-corrected chi connectivity index (χ2v) is 7.26. The molecule has 0 fully saturated rings. The molecular formula is C20H22N4O3S. The summed E-state index contributed by atoms with van der Waals surface area (Å²) in [6, 6.07) is 8.53. The molecule has 3 aromatic rings. The van der Waals surface area contributed by atoms with E-state index in [9.17, 15) is 9.59 Å². The van der Waals surface area contributed by atoms with E-state index < -0.39 is 0 Å². The third kappa shape index (κ3) is 4.23. The van der Waals surface area contributed by atoms with Gasteiger partial charge in [0.1, 0.15) is 16.5 Å². The summed E-state index contributed by atoms with van der Waals surface area (Å²) < 4.78 is 6.99. The summed E-state index contributed by atoms with van der Waals surface area (Å²) in [5, 5.41) is 8.08. The number of aryl methyl sites for hydroxylation is 1. The van der Waals surface area contributed by atoms with E-state index in [-0.39, 0.29) is 17.9 Å². The topological polar surface area (TPSA) is 85.3 Å². The standard InChI is InChI=1S/C20H22N4O3S/c1-12(21-18(25)16-9-10-24(3)13(16)2)20-23-17(11-28-20)19(26)22-14-5-7-15(27-4)8-6-14/h5-12H,1-4H3,(H,21,25)(H,22,26)/t12-/m0/s1. The number of carbonyl (C=O) groups excluding carboxylic acids is 2. The van der Waals surface area contributed by atoms with Crippen LogP contribution in [0.3, 0.4) is 0 Å². The maximum atomic E-state index is 12.5. The van der Waals surface area contributed by atoms with Crippen LogP contribution in [-0.2, 0) is 7.05 Å². The molecule has 2 heterocycles. The van der Waals surface area contributed by atoms with Gasteiger partial charge in [-0.25, -0.2) is 4.98 Å². The second-order valence-electron chi connectivity index (χ2n) is 6.37. The van der Waals surface area contributed by atoms with Crippen LogP contribution in [0.25, 0.3) is 0 Å². The first kappa shape index (κ1) is 19.6. The first-order valence-electron chi connectivity index (χ1n) is 8.72. The normalized spacial score (nSPS) is 11.7. The van der Waals surface area contributed by atoms with E-state index in [1.165, 1.54) is 11.3 Å². The number of aromatic nitrogens is 2. The molecule has 0 aliphatic carbocycles. The molecule has 0 radical (unpaired) electrons. The number of thiazole rings is 1. The Morgan fingerprint density at radius 2 is 1.89 bits per heavy atom. The highest BCUT2D eigenvalue weighted by molar-refractivity contribution is 7.09.